The molecule has 0 radical (unpaired) electrons. The van der Waals surface area contributed by atoms with Gasteiger partial charge >= 0.3 is 0 Å². The van der Waals surface area contributed by atoms with Crippen molar-refractivity contribution in [1.82, 2.24) is 5.32 Å². The van der Waals surface area contributed by atoms with Gasteiger partial charge in [-0.2, -0.15) is 0 Å². The highest BCUT2D eigenvalue weighted by Crippen LogP contribution is 2.14. The maximum absolute atomic E-state index is 12.3. The normalized spacial score (nSPS) is 10.6. The van der Waals surface area contributed by atoms with Gasteiger partial charge in [-0.25, -0.2) is 4.99 Å². The minimum absolute atomic E-state index is 0.0506. The summed E-state index contributed by atoms with van der Waals surface area (Å²) >= 11 is 0. The smallest absolute Gasteiger partial charge is 0.242 e. The number of ketones is 2. The molecule has 176 valence electrons. The number of carbonyl (C=O) groups excluding carboxylic acids is 3. The van der Waals surface area contributed by atoms with Gasteiger partial charge in [-0.1, -0.05) is 73.5 Å². The van der Waals surface area contributed by atoms with Crippen LogP contribution in [0, 0.1) is 0 Å². The van der Waals surface area contributed by atoms with Gasteiger partial charge in [0.25, 0.3) is 0 Å². The van der Waals surface area contributed by atoms with Crippen molar-refractivity contribution < 1.29 is 14.4 Å². The first-order chi connectivity index (χ1) is 16.0. The molecule has 0 unspecified atom stereocenters. The summed E-state index contributed by atoms with van der Waals surface area (Å²) in [5, 5.41) is 2.99. The Kier molecular flexibility index (Phi) is 11.4. The Labute approximate surface area is 195 Å². The van der Waals surface area contributed by atoms with Crippen molar-refractivity contribution in [1.29, 1.82) is 0 Å². The van der Waals surface area contributed by atoms with E-state index in [-0.39, 0.29) is 36.0 Å². The van der Waals surface area contributed by atoms with Crippen molar-refractivity contribution in [2.24, 2.45) is 16.5 Å². The van der Waals surface area contributed by atoms with Gasteiger partial charge in [0.2, 0.25) is 5.91 Å². The van der Waals surface area contributed by atoms with Crippen molar-refractivity contribution in [3.63, 3.8) is 0 Å². The lowest BCUT2D eigenvalue weighted by Gasteiger charge is -2.18. The van der Waals surface area contributed by atoms with Crippen LogP contribution in [0.3, 0.4) is 0 Å². The summed E-state index contributed by atoms with van der Waals surface area (Å²) in [4.78, 5) is 40.5. The Morgan fingerprint density at radius 2 is 1.18 bits per heavy atom. The van der Waals surface area contributed by atoms with Crippen LogP contribution in [0.25, 0.3) is 0 Å². The summed E-state index contributed by atoms with van der Waals surface area (Å²) in [5.74, 6) is -0.110. The van der Waals surface area contributed by atoms with Crippen LogP contribution in [0.5, 0.6) is 0 Å². The molecule has 0 aromatic heterocycles. The van der Waals surface area contributed by atoms with E-state index in [1.165, 1.54) is 0 Å². The van der Waals surface area contributed by atoms with E-state index in [1.807, 2.05) is 60.7 Å². The molecule has 0 aliphatic heterocycles. The second-order valence-electron chi connectivity index (χ2n) is 8.08. The first kappa shape index (κ1) is 25.8. The van der Waals surface area contributed by atoms with Crippen molar-refractivity contribution >= 4 is 23.4 Å². The minimum atomic E-state index is -0.242. The van der Waals surface area contributed by atoms with Gasteiger partial charge < -0.3 is 16.8 Å². The average molecular weight is 451 g/mol. The summed E-state index contributed by atoms with van der Waals surface area (Å²) in [6, 6.07) is 18.5. The third-order valence-corrected chi connectivity index (χ3v) is 5.37. The molecule has 0 bridgehead atoms. The van der Waals surface area contributed by atoms with E-state index in [0.29, 0.717) is 12.8 Å². The van der Waals surface area contributed by atoms with E-state index in [9.17, 15) is 14.4 Å². The molecule has 1 amide bonds. The van der Waals surface area contributed by atoms with Gasteiger partial charge in [-0.15, -0.1) is 0 Å². The third-order valence-electron chi connectivity index (χ3n) is 5.37. The lowest BCUT2D eigenvalue weighted by molar-refractivity contribution is -0.120. The molecular formula is C26H34N4O3. The Bertz CT molecular complexity index is 850. The van der Waals surface area contributed by atoms with E-state index >= 15 is 0 Å². The number of unbranched alkanes of at least 4 members (excludes halogenated alkanes) is 2. The Morgan fingerprint density at radius 3 is 1.61 bits per heavy atom. The number of rotatable bonds is 15. The molecule has 0 fully saturated rings. The summed E-state index contributed by atoms with van der Waals surface area (Å²) in [5.41, 5.74) is 12.1. The second-order valence-corrected chi connectivity index (χ2v) is 8.08. The van der Waals surface area contributed by atoms with E-state index < -0.39 is 0 Å². The third kappa shape index (κ3) is 10.6. The predicted octanol–water partition coefficient (Wildman–Crippen LogP) is 3.63. The molecule has 7 nitrogen and oxygen atoms in total. The van der Waals surface area contributed by atoms with Gasteiger partial charge in [-0.05, 0) is 25.7 Å². The van der Waals surface area contributed by atoms with Crippen LogP contribution >= 0.6 is 0 Å². The number of guanidine groups is 1. The first-order valence-electron chi connectivity index (χ1n) is 11.5. The summed E-state index contributed by atoms with van der Waals surface area (Å²) in [6.45, 7) is -0.113. The van der Waals surface area contributed by atoms with Crippen molar-refractivity contribution in [2.45, 2.75) is 57.4 Å². The van der Waals surface area contributed by atoms with E-state index in [2.05, 4.69) is 10.3 Å². The van der Waals surface area contributed by atoms with Gasteiger partial charge in [0.05, 0.1) is 0 Å². The largest absolute Gasteiger partial charge is 0.370 e. The number of nitrogens with one attached hydrogen (secondary N) is 1. The monoisotopic (exact) mass is 450 g/mol. The molecule has 0 heterocycles. The highest BCUT2D eigenvalue weighted by atomic mass is 16.2. The van der Waals surface area contributed by atoms with Crippen molar-refractivity contribution in [2.75, 3.05) is 6.54 Å². The van der Waals surface area contributed by atoms with Gasteiger partial charge in [0, 0.05) is 30.0 Å². The highest BCUT2D eigenvalue weighted by Gasteiger charge is 2.14. The molecular weight excluding hydrogens is 416 g/mol. The Balaban J connectivity index is 1.77. The lowest BCUT2D eigenvalue weighted by atomic mass is 9.98. The molecule has 0 saturated carbocycles. The van der Waals surface area contributed by atoms with Crippen LogP contribution in [-0.4, -0.2) is 36.0 Å². The molecule has 0 aliphatic carbocycles. The van der Waals surface area contributed by atoms with E-state index in [4.69, 9.17) is 11.5 Å². The SMILES string of the molecule is NC(N)=NCC(=O)NC(CCCCC(=O)c1ccccc1)CCCCC(=O)c1ccccc1. The standard InChI is InChI=1S/C26H34N4O3/c27-26(28)29-19-25(33)30-22(15-7-9-17-23(31)20-11-3-1-4-12-20)16-8-10-18-24(32)21-13-5-2-6-14-21/h1-6,11-14,22H,7-10,15-19H2,(H,30,33)(H4,27,28,29). The number of amides is 1. The van der Waals surface area contributed by atoms with Crippen molar-refractivity contribution in [3.8, 4) is 0 Å². The quantitative estimate of drug-likeness (QED) is 0.165. The lowest BCUT2D eigenvalue weighted by Crippen LogP contribution is -2.37. The molecule has 5 N–H and O–H groups in total. The van der Waals surface area contributed by atoms with Gasteiger partial charge in [0.1, 0.15) is 6.54 Å². The van der Waals surface area contributed by atoms with E-state index in [1.54, 1.807) is 0 Å². The number of hydrogen-bond donors (Lipinski definition) is 3. The summed E-state index contributed by atoms with van der Waals surface area (Å²) in [6.07, 6.45) is 5.59. The average Bonchev–Trinajstić information content (AvgIpc) is 2.83. The maximum Gasteiger partial charge on any atom is 0.242 e. The zero-order valence-electron chi connectivity index (χ0n) is 19.0. The second kappa shape index (κ2) is 14.6. The van der Waals surface area contributed by atoms with Crippen molar-refractivity contribution in [3.05, 3.63) is 71.8 Å². The molecule has 2 aromatic carbocycles. The van der Waals surface area contributed by atoms with Crippen LogP contribution in [0.15, 0.2) is 65.7 Å². The molecule has 0 saturated heterocycles. The molecule has 2 aromatic rings. The Hall–Kier alpha value is -3.48. The predicted molar refractivity (Wildman–Crippen MR) is 131 cm³/mol. The fourth-order valence-corrected chi connectivity index (χ4v) is 3.61. The fraction of sp³-hybridized carbons (Fsp3) is 0.385. The number of nitrogens with zero attached hydrogens (tertiary/aromatic N) is 1. The van der Waals surface area contributed by atoms with Crippen LogP contribution in [0.2, 0.25) is 0 Å². The number of nitrogens with two attached hydrogens (primary N) is 2. The first-order valence-corrected chi connectivity index (χ1v) is 11.5. The molecule has 7 heteroatoms. The van der Waals surface area contributed by atoms with Crippen LogP contribution in [-0.2, 0) is 4.79 Å². The van der Waals surface area contributed by atoms with Crippen LogP contribution < -0.4 is 16.8 Å². The fourth-order valence-electron chi connectivity index (χ4n) is 3.61. The number of carbonyl (C=O) groups is 3. The molecule has 33 heavy (non-hydrogen) atoms. The number of hydrogen-bond acceptors (Lipinski definition) is 4. The Morgan fingerprint density at radius 1 is 0.727 bits per heavy atom. The highest BCUT2D eigenvalue weighted by molar-refractivity contribution is 5.96. The van der Waals surface area contributed by atoms with Crippen LogP contribution in [0.4, 0.5) is 0 Å². The number of aliphatic imine (C=N–C) groups is 1. The minimum Gasteiger partial charge on any atom is -0.370 e. The number of Topliss-reactive ketones (excluding diaryl/α,β-unsaturated/α-hetero) is 2. The summed E-state index contributed by atoms with van der Waals surface area (Å²) < 4.78 is 0. The van der Waals surface area contributed by atoms with Crippen LogP contribution in [0.1, 0.15) is 72.1 Å². The molecule has 0 aliphatic rings. The summed E-state index contributed by atoms with van der Waals surface area (Å²) in [7, 11) is 0. The zero-order chi connectivity index (χ0) is 23.9. The van der Waals surface area contributed by atoms with E-state index in [0.717, 1.165) is 49.7 Å². The molecule has 0 atom stereocenters. The maximum atomic E-state index is 12.3. The topological polar surface area (TPSA) is 128 Å². The zero-order valence-corrected chi connectivity index (χ0v) is 19.0. The molecule has 0 spiro atoms. The molecule has 2 rings (SSSR count). The number of benzene rings is 2. The van der Waals surface area contributed by atoms with Gasteiger partial charge in [0.15, 0.2) is 17.5 Å². The van der Waals surface area contributed by atoms with Gasteiger partial charge in [-0.3, -0.25) is 14.4 Å².